The minimum atomic E-state index is -0.436. The molecule has 178 valence electrons. The zero-order chi connectivity index (χ0) is 22.4. The minimum absolute atomic E-state index is 0.00611. The molecule has 3 rings (SSSR count). The van der Waals surface area contributed by atoms with E-state index in [1.54, 1.807) is 0 Å². The highest BCUT2D eigenvalue weighted by Gasteiger charge is 2.37. The summed E-state index contributed by atoms with van der Waals surface area (Å²) in [7, 11) is 0. The lowest BCUT2D eigenvalue weighted by Crippen LogP contribution is -2.56. The van der Waals surface area contributed by atoms with Gasteiger partial charge in [0.15, 0.2) is 0 Å². The first kappa shape index (κ1) is 24.3. The van der Waals surface area contributed by atoms with E-state index in [9.17, 15) is 9.59 Å². The van der Waals surface area contributed by atoms with E-state index < -0.39 is 5.60 Å². The molecule has 2 saturated carbocycles. The number of hydrogen-bond donors (Lipinski definition) is 1. The molecule has 0 aromatic rings. The van der Waals surface area contributed by atoms with Gasteiger partial charge in [0, 0.05) is 44.8 Å². The summed E-state index contributed by atoms with van der Waals surface area (Å²) in [5, 5.41) is 2.88. The quantitative estimate of drug-likeness (QED) is 0.616. The number of esters is 1. The molecular formula is C24H43N3O4. The highest BCUT2D eigenvalue weighted by molar-refractivity contribution is 5.72. The lowest BCUT2D eigenvalue weighted by Gasteiger charge is -2.48. The highest BCUT2D eigenvalue weighted by Crippen LogP contribution is 2.35. The predicted octanol–water partition coefficient (Wildman–Crippen LogP) is 3.42. The monoisotopic (exact) mass is 437 g/mol. The number of nitrogens with one attached hydrogen (secondary N) is 1. The summed E-state index contributed by atoms with van der Waals surface area (Å²) in [6.07, 6.45) is 7.44. The van der Waals surface area contributed by atoms with Crippen LogP contribution in [0.1, 0.15) is 72.6 Å². The maximum Gasteiger partial charge on any atom is 0.407 e. The second-order valence-electron chi connectivity index (χ2n) is 10.5. The summed E-state index contributed by atoms with van der Waals surface area (Å²) < 4.78 is 10.5. The van der Waals surface area contributed by atoms with Crippen LogP contribution in [0.5, 0.6) is 0 Å². The number of carbonyl (C=O) groups is 2. The van der Waals surface area contributed by atoms with E-state index in [2.05, 4.69) is 15.1 Å². The van der Waals surface area contributed by atoms with E-state index in [4.69, 9.17) is 9.47 Å². The van der Waals surface area contributed by atoms with Gasteiger partial charge in [-0.1, -0.05) is 0 Å². The van der Waals surface area contributed by atoms with Crippen LogP contribution >= 0.6 is 0 Å². The molecule has 1 heterocycles. The average Bonchev–Trinajstić information content (AvgIpc) is 2.69. The van der Waals surface area contributed by atoms with Crippen LogP contribution in [0.25, 0.3) is 0 Å². The van der Waals surface area contributed by atoms with Crippen molar-refractivity contribution in [3.8, 4) is 0 Å². The molecule has 31 heavy (non-hydrogen) atoms. The summed E-state index contributed by atoms with van der Waals surface area (Å²) in [6.45, 7) is 13.3. The van der Waals surface area contributed by atoms with Gasteiger partial charge in [0.2, 0.25) is 0 Å². The van der Waals surface area contributed by atoms with Crippen molar-refractivity contribution in [3.63, 3.8) is 0 Å². The number of nitrogens with zero attached hydrogens (tertiary/aromatic N) is 2. The van der Waals surface area contributed by atoms with Gasteiger partial charge in [-0.05, 0) is 78.6 Å². The second-order valence-corrected chi connectivity index (χ2v) is 10.5. The lowest BCUT2D eigenvalue weighted by molar-refractivity contribution is -0.149. The van der Waals surface area contributed by atoms with Gasteiger partial charge in [0.25, 0.3) is 0 Å². The molecule has 1 amide bonds. The molecule has 3 fully saturated rings. The van der Waals surface area contributed by atoms with Crippen molar-refractivity contribution < 1.29 is 19.1 Å². The molecular weight excluding hydrogens is 394 g/mol. The van der Waals surface area contributed by atoms with Crippen molar-refractivity contribution in [1.82, 2.24) is 15.1 Å². The smallest absolute Gasteiger partial charge is 0.407 e. The predicted molar refractivity (Wildman–Crippen MR) is 121 cm³/mol. The minimum Gasteiger partial charge on any atom is -0.466 e. The van der Waals surface area contributed by atoms with Crippen molar-refractivity contribution >= 4 is 12.1 Å². The lowest BCUT2D eigenvalue weighted by atomic mass is 9.77. The molecule has 7 nitrogen and oxygen atoms in total. The van der Waals surface area contributed by atoms with Crippen LogP contribution in [0, 0.1) is 11.8 Å². The standard InChI is InChI=1S/C24H43N3O4/c1-5-30-22(28)19-6-8-20(9-7-19)26-12-14-27(15-13-26)21-16-18(17-21)10-11-25-23(29)31-24(2,3)4/h18-21H,5-17H2,1-4H3,(H,25,29)/t18?,19-,20-,21?. The number of rotatable bonds is 7. The fourth-order valence-electron chi connectivity index (χ4n) is 5.33. The number of amides is 1. The first-order valence-corrected chi connectivity index (χ1v) is 12.4. The van der Waals surface area contributed by atoms with Gasteiger partial charge in [-0.25, -0.2) is 4.79 Å². The van der Waals surface area contributed by atoms with Crippen LogP contribution in [-0.2, 0) is 14.3 Å². The number of ether oxygens (including phenoxy) is 2. The Morgan fingerprint density at radius 1 is 0.935 bits per heavy atom. The Morgan fingerprint density at radius 2 is 1.52 bits per heavy atom. The van der Waals surface area contributed by atoms with Crippen LogP contribution < -0.4 is 5.32 Å². The van der Waals surface area contributed by atoms with Crippen LogP contribution in [0.15, 0.2) is 0 Å². The molecule has 2 aliphatic carbocycles. The molecule has 0 unspecified atom stereocenters. The average molecular weight is 438 g/mol. The second kappa shape index (κ2) is 11.0. The molecule has 7 heteroatoms. The Bertz CT molecular complexity index is 584. The Labute approximate surface area is 188 Å². The molecule has 1 saturated heterocycles. The van der Waals surface area contributed by atoms with Gasteiger partial charge >= 0.3 is 12.1 Å². The van der Waals surface area contributed by atoms with E-state index >= 15 is 0 Å². The van der Waals surface area contributed by atoms with Gasteiger partial charge in [-0.3, -0.25) is 14.6 Å². The molecule has 0 atom stereocenters. The van der Waals surface area contributed by atoms with E-state index in [0.717, 1.165) is 64.2 Å². The van der Waals surface area contributed by atoms with Crippen molar-refractivity contribution in [2.45, 2.75) is 90.3 Å². The molecule has 0 radical (unpaired) electrons. The Balaban J connectivity index is 1.26. The SMILES string of the molecule is CCOC(=O)[C@H]1CC[C@H](N2CCN(C3CC(CCNC(=O)OC(C)(C)C)C3)CC2)CC1. The van der Waals surface area contributed by atoms with Gasteiger partial charge in [0.1, 0.15) is 5.60 Å². The number of piperazine rings is 1. The van der Waals surface area contributed by atoms with Gasteiger partial charge < -0.3 is 14.8 Å². The summed E-state index contributed by atoms with van der Waals surface area (Å²) in [6, 6.07) is 1.36. The van der Waals surface area contributed by atoms with Crippen molar-refractivity contribution in [1.29, 1.82) is 0 Å². The zero-order valence-electron chi connectivity index (χ0n) is 20.0. The fourth-order valence-corrected chi connectivity index (χ4v) is 5.33. The first-order valence-electron chi connectivity index (χ1n) is 12.4. The maximum atomic E-state index is 11.9. The topological polar surface area (TPSA) is 71.1 Å². The largest absolute Gasteiger partial charge is 0.466 e. The van der Waals surface area contributed by atoms with Gasteiger partial charge in [0.05, 0.1) is 12.5 Å². The Morgan fingerprint density at radius 3 is 2.06 bits per heavy atom. The number of alkyl carbamates (subject to hydrolysis) is 1. The first-order chi connectivity index (χ1) is 14.7. The summed E-state index contributed by atoms with van der Waals surface area (Å²) in [4.78, 5) is 29.0. The molecule has 1 aliphatic heterocycles. The molecule has 0 aromatic carbocycles. The van der Waals surface area contributed by atoms with E-state index in [0.29, 0.717) is 25.2 Å². The molecule has 3 aliphatic rings. The third-order valence-corrected chi connectivity index (χ3v) is 7.13. The Hall–Kier alpha value is -1.34. The number of hydrogen-bond acceptors (Lipinski definition) is 6. The van der Waals surface area contributed by atoms with Gasteiger partial charge in [-0.2, -0.15) is 0 Å². The molecule has 0 bridgehead atoms. The third kappa shape index (κ3) is 7.35. The third-order valence-electron chi connectivity index (χ3n) is 7.13. The van der Waals surface area contributed by atoms with Crippen molar-refractivity contribution in [2.24, 2.45) is 11.8 Å². The van der Waals surface area contributed by atoms with Crippen LogP contribution in [0.3, 0.4) is 0 Å². The Kier molecular flexibility index (Phi) is 8.62. The van der Waals surface area contributed by atoms with Crippen molar-refractivity contribution in [2.75, 3.05) is 39.3 Å². The van der Waals surface area contributed by atoms with Gasteiger partial charge in [-0.15, -0.1) is 0 Å². The van der Waals surface area contributed by atoms with Crippen LogP contribution in [0.2, 0.25) is 0 Å². The fraction of sp³-hybridized carbons (Fsp3) is 0.917. The zero-order valence-corrected chi connectivity index (χ0v) is 20.0. The normalized spacial score (nSPS) is 30.3. The molecule has 1 N–H and O–H groups in total. The van der Waals surface area contributed by atoms with E-state index in [1.807, 2.05) is 27.7 Å². The van der Waals surface area contributed by atoms with Crippen molar-refractivity contribution in [3.05, 3.63) is 0 Å². The molecule has 0 spiro atoms. The molecule has 0 aromatic heterocycles. The highest BCUT2D eigenvalue weighted by atomic mass is 16.6. The summed E-state index contributed by atoms with van der Waals surface area (Å²) >= 11 is 0. The number of carbonyl (C=O) groups excluding carboxylic acids is 2. The summed E-state index contributed by atoms with van der Waals surface area (Å²) in [5.41, 5.74) is -0.436. The maximum absolute atomic E-state index is 11.9. The van der Waals surface area contributed by atoms with Crippen LogP contribution in [-0.4, -0.2) is 78.9 Å². The van der Waals surface area contributed by atoms with E-state index in [1.165, 1.54) is 12.8 Å². The van der Waals surface area contributed by atoms with E-state index in [-0.39, 0.29) is 18.0 Å². The summed E-state index contributed by atoms with van der Waals surface area (Å²) in [5.74, 6) is 0.844. The van der Waals surface area contributed by atoms with Crippen LogP contribution in [0.4, 0.5) is 4.79 Å².